The molecule has 0 unspecified atom stereocenters. The Bertz CT molecular complexity index is 720. The summed E-state index contributed by atoms with van der Waals surface area (Å²) >= 11 is 0. The first-order chi connectivity index (χ1) is 11.5. The molecule has 0 radical (unpaired) electrons. The number of amides is 1. The number of aromatic nitrogens is 1. The molecule has 0 fully saturated rings. The Labute approximate surface area is 143 Å². The fraction of sp³-hybridized carbons (Fsp3) is 0.333. The lowest BCUT2D eigenvalue weighted by Gasteiger charge is -2.22. The highest BCUT2D eigenvalue weighted by Crippen LogP contribution is 2.08. The van der Waals surface area contributed by atoms with Crippen molar-refractivity contribution >= 4 is 11.9 Å². The molecule has 6 nitrogen and oxygen atoms in total. The zero-order valence-electron chi connectivity index (χ0n) is 14.5. The molecule has 1 aromatic carbocycles. The Morgan fingerprint density at radius 2 is 2.12 bits per heavy atom. The molecule has 1 heterocycles. The van der Waals surface area contributed by atoms with Crippen LogP contribution in [0, 0.1) is 0 Å². The number of nitrogens with zero attached hydrogens (tertiary/aromatic N) is 3. The van der Waals surface area contributed by atoms with Crippen LogP contribution >= 0.6 is 0 Å². The van der Waals surface area contributed by atoms with Crippen molar-refractivity contribution in [1.29, 1.82) is 0 Å². The van der Waals surface area contributed by atoms with Crippen LogP contribution in [-0.2, 0) is 20.1 Å². The molecular weight excluding hydrogens is 302 g/mol. The van der Waals surface area contributed by atoms with E-state index in [2.05, 4.69) is 25.8 Å². The second-order valence-corrected chi connectivity index (χ2v) is 5.70. The molecule has 0 atom stereocenters. The average Bonchev–Trinajstić information content (AvgIpc) is 2.96. The number of nitrogens with two attached hydrogens (primary N) is 1. The molecule has 2 aromatic rings. The van der Waals surface area contributed by atoms with Crippen molar-refractivity contribution in [3.05, 3.63) is 59.4 Å². The zero-order valence-corrected chi connectivity index (χ0v) is 14.5. The summed E-state index contributed by atoms with van der Waals surface area (Å²) in [5.41, 5.74) is 7.99. The van der Waals surface area contributed by atoms with Gasteiger partial charge in [-0.05, 0) is 36.8 Å². The molecule has 1 aromatic heterocycles. The standard InChI is InChI=1S/C18H25N5O/c1-4-20-18(23(3)13-16-9-6-10-22(16)2)21-12-14-7-5-8-15(11-14)17(19)24/h5-11H,4,12-13H2,1-3H3,(H2,19,24)(H,20,21). The van der Waals surface area contributed by atoms with Crippen LogP contribution in [0.5, 0.6) is 0 Å². The number of guanidine groups is 1. The topological polar surface area (TPSA) is 75.6 Å². The summed E-state index contributed by atoms with van der Waals surface area (Å²) in [7, 11) is 4.04. The van der Waals surface area contributed by atoms with Gasteiger partial charge < -0.3 is 20.5 Å². The maximum Gasteiger partial charge on any atom is 0.248 e. The fourth-order valence-electron chi connectivity index (χ4n) is 2.44. The predicted octanol–water partition coefficient (Wildman–Crippen LogP) is 1.72. The SMILES string of the molecule is CCNC(=NCc1cccc(C(N)=O)c1)N(C)Cc1cccn1C. The molecule has 0 aliphatic heterocycles. The quantitative estimate of drug-likeness (QED) is 0.626. The minimum Gasteiger partial charge on any atom is -0.366 e. The Hall–Kier alpha value is -2.76. The van der Waals surface area contributed by atoms with Gasteiger partial charge in [0.05, 0.1) is 13.1 Å². The van der Waals surface area contributed by atoms with Crippen molar-refractivity contribution in [2.45, 2.75) is 20.0 Å². The third-order valence-corrected chi connectivity index (χ3v) is 3.77. The Balaban J connectivity index is 2.11. The van der Waals surface area contributed by atoms with Gasteiger partial charge in [-0.1, -0.05) is 12.1 Å². The summed E-state index contributed by atoms with van der Waals surface area (Å²) < 4.78 is 2.09. The van der Waals surface area contributed by atoms with Crippen molar-refractivity contribution < 1.29 is 4.79 Å². The Kier molecular flexibility index (Phi) is 6.01. The van der Waals surface area contributed by atoms with Crippen LogP contribution in [0.1, 0.15) is 28.5 Å². The van der Waals surface area contributed by atoms with Gasteiger partial charge in [0, 0.05) is 38.1 Å². The van der Waals surface area contributed by atoms with Crippen LogP contribution in [-0.4, -0.2) is 34.9 Å². The number of hydrogen-bond donors (Lipinski definition) is 2. The van der Waals surface area contributed by atoms with Crippen molar-refractivity contribution in [2.24, 2.45) is 17.8 Å². The number of hydrogen-bond acceptors (Lipinski definition) is 2. The largest absolute Gasteiger partial charge is 0.366 e. The van der Waals surface area contributed by atoms with Gasteiger partial charge in [-0.25, -0.2) is 4.99 Å². The highest BCUT2D eigenvalue weighted by atomic mass is 16.1. The van der Waals surface area contributed by atoms with Gasteiger partial charge in [-0.3, -0.25) is 4.79 Å². The third-order valence-electron chi connectivity index (χ3n) is 3.77. The first kappa shape index (κ1) is 17.6. The second-order valence-electron chi connectivity index (χ2n) is 5.70. The minimum absolute atomic E-state index is 0.423. The number of carbonyl (C=O) groups excluding carboxylic acids is 1. The second kappa shape index (κ2) is 8.19. The van der Waals surface area contributed by atoms with Gasteiger partial charge >= 0.3 is 0 Å². The number of primary amides is 1. The van der Waals surface area contributed by atoms with E-state index < -0.39 is 5.91 Å². The van der Waals surface area contributed by atoms with Crippen molar-refractivity contribution in [3.63, 3.8) is 0 Å². The maximum absolute atomic E-state index is 11.3. The van der Waals surface area contributed by atoms with Crippen LogP contribution in [0.3, 0.4) is 0 Å². The van der Waals surface area contributed by atoms with Crippen molar-refractivity contribution in [2.75, 3.05) is 13.6 Å². The Morgan fingerprint density at radius 1 is 1.33 bits per heavy atom. The maximum atomic E-state index is 11.3. The van der Waals surface area contributed by atoms with Crippen LogP contribution in [0.4, 0.5) is 0 Å². The molecule has 0 aliphatic carbocycles. The van der Waals surface area contributed by atoms with E-state index in [1.807, 2.05) is 45.4 Å². The summed E-state index contributed by atoms with van der Waals surface area (Å²) in [6.07, 6.45) is 2.03. The summed E-state index contributed by atoms with van der Waals surface area (Å²) in [5.74, 6) is 0.400. The van der Waals surface area contributed by atoms with E-state index in [-0.39, 0.29) is 0 Å². The molecule has 6 heteroatoms. The molecule has 0 saturated carbocycles. The molecule has 3 N–H and O–H groups in total. The molecule has 2 rings (SSSR count). The number of benzene rings is 1. The number of rotatable bonds is 6. The number of nitrogens with one attached hydrogen (secondary N) is 1. The van der Waals surface area contributed by atoms with Gasteiger partial charge in [-0.15, -0.1) is 0 Å². The molecule has 128 valence electrons. The number of aryl methyl sites for hydroxylation is 1. The van der Waals surface area contributed by atoms with E-state index in [0.717, 1.165) is 24.6 Å². The van der Waals surface area contributed by atoms with Gasteiger partial charge in [0.15, 0.2) is 5.96 Å². The minimum atomic E-state index is -0.423. The highest BCUT2D eigenvalue weighted by molar-refractivity contribution is 5.92. The lowest BCUT2D eigenvalue weighted by Crippen LogP contribution is -2.38. The van der Waals surface area contributed by atoms with E-state index in [1.54, 1.807) is 12.1 Å². The van der Waals surface area contributed by atoms with Gasteiger partial charge in [-0.2, -0.15) is 0 Å². The summed E-state index contributed by atoms with van der Waals surface area (Å²) in [6.45, 7) is 4.08. The van der Waals surface area contributed by atoms with Crippen LogP contribution in [0.2, 0.25) is 0 Å². The summed E-state index contributed by atoms with van der Waals surface area (Å²) in [6, 6.07) is 11.4. The van der Waals surface area contributed by atoms with Crippen LogP contribution in [0.25, 0.3) is 0 Å². The number of carbonyl (C=O) groups is 1. The van der Waals surface area contributed by atoms with E-state index in [4.69, 9.17) is 5.73 Å². The molecule has 0 aliphatic rings. The lowest BCUT2D eigenvalue weighted by molar-refractivity contribution is 0.1000. The van der Waals surface area contributed by atoms with Crippen molar-refractivity contribution in [1.82, 2.24) is 14.8 Å². The normalized spacial score (nSPS) is 11.4. The van der Waals surface area contributed by atoms with E-state index >= 15 is 0 Å². The first-order valence-corrected chi connectivity index (χ1v) is 7.99. The molecule has 0 bridgehead atoms. The lowest BCUT2D eigenvalue weighted by atomic mass is 10.1. The van der Waals surface area contributed by atoms with Crippen LogP contribution in [0.15, 0.2) is 47.6 Å². The zero-order chi connectivity index (χ0) is 17.5. The monoisotopic (exact) mass is 327 g/mol. The fourth-order valence-corrected chi connectivity index (χ4v) is 2.44. The van der Waals surface area contributed by atoms with Gasteiger partial charge in [0.2, 0.25) is 5.91 Å². The predicted molar refractivity (Wildman–Crippen MR) is 96.7 cm³/mol. The van der Waals surface area contributed by atoms with Gasteiger partial charge in [0.1, 0.15) is 0 Å². The summed E-state index contributed by atoms with van der Waals surface area (Å²) in [5, 5.41) is 3.30. The molecular formula is C18H25N5O. The summed E-state index contributed by atoms with van der Waals surface area (Å²) in [4.78, 5) is 18.0. The molecule has 0 spiro atoms. The van der Waals surface area contributed by atoms with E-state index in [9.17, 15) is 4.79 Å². The van der Waals surface area contributed by atoms with Crippen molar-refractivity contribution in [3.8, 4) is 0 Å². The highest BCUT2D eigenvalue weighted by Gasteiger charge is 2.08. The number of aliphatic imine (C=N–C) groups is 1. The Morgan fingerprint density at radius 3 is 2.75 bits per heavy atom. The van der Waals surface area contributed by atoms with Gasteiger partial charge in [0.25, 0.3) is 0 Å². The molecule has 0 saturated heterocycles. The van der Waals surface area contributed by atoms with E-state index in [1.165, 1.54) is 5.69 Å². The molecule has 24 heavy (non-hydrogen) atoms. The average molecular weight is 327 g/mol. The third kappa shape index (κ3) is 4.62. The molecule has 1 amide bonds. The van der Waals surface area contributed by atoms with E-state index in [0.29, 0.717) is 12.1 Å². The van der Waals surface area contributed by atoms with Crippen LogP contribution < -0.4 is 11.1 Å². The first-order valence-electron chi connectivity index (χ1n) is 7.99. The smallest absolute Gasteiger partial charge is 0.248 e.